The zero-order valence-electron chi connectivity index (χ0n) is 5.15. The van der Waals surface area contributed by atoms with Gasteiger partial charge in [0.1, 0.15) is 0 Å². The third-order valence-electron chi connectivity index (χ3n) is 0.919. The highest BCUT2D eigenvalue weighted by atomic mass is 32.1. The molecule has 1 heterocycles. The first-order valence-electron chi connectivity index (χ1n) is 2.72. The summed E-state index contributed by atoms with van der Waals surface area (Å²) < 4.78 is 4.50. The van der Waals surface area contributed by atoms with Gasteiger partial charge in [-0.1, -0.05) is 5.16 Å². The first-order chi connectivity index (χ1) is 4.93. The van der Waals surface area contributed by atoms with E-state index in [1.165, 1.54) is 6.39 Å². The van der Waals surface area contributed by atoms with E-state index in [4.69, 9.17) is 0 Å². The molecular weight excluding hydrogens is 150 g/mol. The third kappa shape index (κ3) is 2.05. The van der Waals surface area contributed by atoms with Gasteiger partial charge < -0.3 is 4.52 Å². The molecule has 0 radical (unpaired) electrons. The van der Waals surface area contributed by atoms with Crippen LogP contribution in [-0.2, 0) is 6.42 Å². The average Bonchev–Trinajstić information content (AvgIpc) is 2.41. The lowest BCUT2D eigenvalue weighted by molar-refractivity contribution is 0.410. The molecule has 0 atom stereocenters. The Hall–Kier alpha value is -1.06. The summed E-state index contributed by atoms with van der Waals surface area (Å²) in [5, 5.41) is 5.83. The first-order valence-corrected chi connectivity index (χ1v) is 3.13. The Morgan fingerprint density at radius 2 is 2.70 bits per heavy atom. The Morgan fingerprint density at radius 3 is 3.30 bits per heavy atom. The lowest BCUT2D eigenvalue weighted by Gasteiger charge is -1.82. The summed E-state index contributed by atoms with van der Waals surface area (Å²) in [6.45, 7) is 0.572. The quantitative estimate of drug-likeness (QED) is 0.476. The van der Waals surface area contributed by atoms with Gasteiger partial charge in [-0.05, 0) is 12.2 Å². The highest BCUT2D eigenvalue weighted by Gasteiger charge is 1.94. The van der Waals surface area contributed by atoms with Crippen LogP contribution in [0.25, 0.3) is 0 Å². The van der Waals surface area contributed by atoms with Crippen LogP contribution in [0.15, 0.2) is 15.9 Å². The van der Waals surface area contributed by atoms with Gasteiger partial charge in [-0.2, -0.15) is 4.98 Å². The molecule has 1 aromatic heterocycles. The van der Waals surface area contributed by atoms with E-state index >= 15 is 0 Å². The van der Waals surface area contributed by atoms with E-state index < -0.39 is 0 Å². The van der Waals surface area contributed by atoms with Crippen LogP contribution in [0.1, 0.15) is 5.82 Å². The van der Waals surface area contributed by atoms with Crippen molar-refractivity contribution in [3.05, 3.63) is 12.2 Å². The number of rotatable bonds is 3. The molecule has 52 valence electrons. The van der Waals surface area contributed by atoms with Crippen LogP contribution in [0.2, 0.25) is 0 Å². The molecule has 5 heteroatoms. The summed E-state index contributed by atoms with van der Waals surface area (Å²) in [6, 6.07) is 0. The Bertz CT molecular complexity index is 227. The van der Waals surface area contributed by atoms with Gasteiger partial charge in [0.2, 0.25) is 6.39 Å². The minimum Gasteiger partial charge on any atom is -0.343 e. The van der Waals surface area contributed by atoms with E-state index in [0.29, 0.717) is 18.8 Å². The van der Waals surface area contributed by atoms with Crippen LogP contribution in [-0.4, -0.2) is 21.8 Å². The molecule has 0 unspecified atom stereocenters. The fraction of sp³-hybridized carbons (Fsp3) is 0.400. The van der Waals surface area contributed by atoms with E-state index in [2.05, 4.69) is 37.0 Å². The summed E-state index contributed by atoms with van der Waals surface area (Å²) >= 11 is 4.37. The highest BCUT2D eigenvalue weighted by Crippen LogP contribution is 1.88. The van der Waals surface area contributed by atoms with Crippen molar-refractivity contribution in [2.24, 2.45) is 4.99 Å². The van der Waals surface area contributed by atoms with Crippen molar-refractivity contribution in [2.75, 3.05) is 6.54 Å². The van der Waals surface area contributed by atoms with Crippen molar-refractivity contribution in [3.63, 3.8) is 0 Å². The maximum atomic E-state index is 4.50. The Balaban J connectivity index is 2.34. The van der Waals surface area contributed by atoms with Crippen molar-refractivity contribution in [1.82, 2.24) is 10.1 Å². The van der Waals surface area contributed by atoms with Gasteiger partial charge in [-0.3, -0.25) is 0 Å². The zero-order chi connectivity index (χ0) is 7.23. The van der Waals surface area contributed by atoms with Crippen molar-refractivity contribution < 1.29 is 4.52 Å². The summed E-state index contributed by atoms with van der Waals surface area (Å²) in [5.41, 5.74) is 0. The number of hydrogen-bond donors (Lipinski definition) is 0. The van der Waals surface area contributed by atoms with E-state index in [0.717, 1.165) is 0 Å². The molecule has 0 bridgehead atoms. The Kier molecular flexibility index (Phi) is 2.73. The number of aromatic nitrogens is 2. The van der Waals surface area contributed by atoms with Crippen molar-refractivity contribution in [2.45, 2.75) is 6.42 Å². The second kappa shape index (κ2) is 3.87. The molecule has 0 aliphatic carbocycles. The molecule has 0 N–H and O–H groups in total. The molecule has 1 aromatic rings. The standard InChI is InChI=1S/C5H5N3OS/c10-4-6-2-1-5-7-3-9-8-5/h3H,1-2H2. The topological polar surface area (TPSA) is 51.3 Å². The van der Waals surface area contributed by atoms with Crippen LogP contribution >= 0.6 is 12.2 Å². The molecule has 0 fully saturated rings. The average molecular weight is 155 g/mol. The SMILES string of the molecule is S=C=NCCc1ncon1. The fourth-order valence-electron chi connectivity index (χ4n) is 0.504. The lowest BCUT2D eigenvalue weighted by Crippen LogP contribution is -1.90. The number of nitrogens with zero attached hydrogens (tertiary/aromatic N) is 3. The van der Waals surface area contributed by atoms with Crippen LogP contribution < -0.4 is 0 Å². The number of isothiocyanates is 1. The molecule has 4 nitrogen and oxygen atoms in total. The summed E-state index contributed by atoms with van der Waals surface area (Å²) in [6.07, 6.45) is 1.94. The minimum atomic E-state index is 0.572. The maximum Gasteiger partial charge on any atom is 0.213 e. The largest absolute Gasteiger partial charge is 0.343 e. The molecule has 0 saturated heterocycles. The van der Waals surface area contributed by atoms with E-state index in [1.54, 1.807) is 0 Å². The van der Waals surface area contributed by atoms with Crippen LogP contribution in [0.5, 0.6) is 0 Å². The normalized spacial score (nSPS) is 8.80. The summed E-state index contributed by atoms with van der Waals surface area (Å²) in [7, 11) is 0. The molecule has 0 aliphatic heterocycles. The van der Waals surface area contributed by atoms with Gasteiger partial charge in [0.15, 0.2) is 5.82 Å². The highest BCUT2D eigenvalue weighted by molar-refractivity contribution is 7.78. The van der Waals surface area contributed by atoms with Crippen LogP contribution in [0.3, 0.4) is 0 Å². The number of thiocarbonyl (C=S) groups is 1. The van der Waals surface area contributed by atoms with E-state index in [-0.39, 0.29) is 0 Å². The summed E-state index contributed by atoms with van der Waals surface area (Å²) in [5.74, 6) is 0.647. The molecule has 0 aliphatic rings. The van der Waals surface area contributed by atoms with E-state index in [1.807, 2.05) is 0 Å². The van der Waals surface area contributed by atoms with Gasteiger partial charge in [0.05, 0.1) is 11.7 Å². The monoisotopic (exact) mass is 155 g/mol. The Labute approximate surface area is 63.0 Å². The predicted octanol–water partition coefficient (Wildman–Crippen LogP) is 0.715. The lowest BCUT2D eigenvalue weighted by atomic mass is 10.4. The molecular formula is C5H5N3OS. The number of aliphatic imine (C=N–C) groups is 1. The maximum absolute atomic E-state index is 4.50. The third-order valence-corrected chi connectivity index (χ3v) is 1.05. The fourth-order valence-corrected chi connectivity index (χ4v) is 0.595. The van der Waals surface area contributed by atoms with Crippen molar-refractivity contribution >= 4 is 17.4 Å². The number of hydrogen-bond acceptors (Lipinski definition) is 5. The zero-order valence-corrected chi connectivity index (χ0v) is 5.97. The van der Waals surface area contributed by atoms with Crippen molar-refractivity contribution in [1.29, 1.82) is 0 Å². The first kappa shape index (κ1) is 7.05. The molecule has 0 saturated carbocycles. The van der Waals surface area contributed by atoms with Crippen LogP contribution in [0.4, 0.5) is 0 Å². The van der Waals surface area contributed by atoms with Gasteiger partial charge >= 0.3 is 0 Å². The van der Waals surface area contributed by atoms with E-state index in [9.17, 15) is 0 Å². The van der Waals surface area contributed by atoms with Crippen LogP contribution in [0, 0.1) is 0 Å². The Morgan fingerprint density at radius 1 is 1.80 bits per heavy atom. The van der Waals surface area contributed by atoms with Crippen molar-refractivity contribution in [3.8, 4) is 0 Å². The van der Waals surface area contributed by atoms with Gasteiger partial charge in [-0.25, -0.2) is 4.99 Å². The predicted molar refractivity (Wildman–Crippen MR) is 37.9 cm³/mol. The van der Waals surface area contributed by atoms with Gasteiger partial charge in [0, 0.05) is 6.42 Å². The molecule has 0 spiro atoms. The summed E-state index contributed by atoms with van der Waals surface area (Å²) in [4.78, 5) is 7.48. The molecule has 0 amide bonds. The smallest absolute Gasteiger partial charge is 0.213 e. The molecule has 0 aromatic carbocycles. The molecule has 10 heavy (non-hydrogen) atoms. The van der Waals surface area contributed by atoms with Gasteiger partial charge in [0.25, 0.3) is 0 Å². The second-order valence-corrected chi connectivity index (χ2v) is 1.75. The minimum absolute atomic E-state index is 0.572. The second-order valence-electron chi connectivity index (χ2n) is 1.57. The van der Waals surface area contributed by atoms with Gasteiger partial charge in [-0.15, -0.1) is 0 Å². The molecule has 1 rings (SSSR count).